The first-order valence-electron chi connectivity index (χ1n) is 9.07. The van der Waals surface area contributed by atoms with Crippen molar-refractivity contribution in [3.8, 4) is 0 Å². The van der Waals surface area contributed by atoms with Crippen molar-refractivity contribution in [2.24, 2.45) is 0 Å². The molecule has 0 aromatic rings. The van der Waals surface area contributed by atoms with Crippen LogP contribution in [0.4, 0.5) is 0 Å². The van der Waals surface area contributed by atoms with Crippen LogP contribution in [0.1, 0.15) is 46.0 Å². The van der Waals surface area contributed by atoms with Crippen molar-refractivity contribution in [3.63, 3.8) is 0 Å². The van der Waals surface area contributed by atoms with Crippen LogP contribution in [0.5, 0.6) is 0 Å². The molecule has 3 rings (SSSR count). The predicted octanol–water partition coefficient (Wildman–Crippen LogP) is 1.70. The summed E-state index contributed by atoms with van der Waals surface area (Å²) in [5.41, 5.74) is 0. The van der Waals surface area contributed by atoms with E-state index >= 15 is 0 Å². The number of piperidine rings is 1. The number of fused-ring (bicyclic) bond motifs is 1. The summed E-state index contributed by atoms with van der Waals surface area (Å²) in [7, 11) is 0. The van der Waals surface area contributed by atoms with E-state index in [0.29, 0.717) is 18.2 Å². The fraction of sp³-hybridized carbons (Fsp3) is 1.00. The summed E-state index contributed by atoms with van der Waals surface area (Å²) in [4.78, 5) is 5.43. The molecule has 0 radical (unpaired) electrons. The Hall–Kier alpha value is -0.160. The quantitative estimate of drug-likeness (QED) is 0.835. The molecule has 0 aromatic carbocycles. The highest BCUT2D eigenvalue weighted by Crippen LogP contribution is 2.23. The van der Waals surface area contributed by atoms with Crippen molar-refractivity contribution in [3.05, 3.63) is 0 Å². The summed E-state index contributed by atoms with van der Waals surface area (Å²) in [6, 6.07) is 2.03. The van der Waals surface area contributed by atoms with Crippen LogP contribution in [0.2, 0.25) is 0 Å². The molecule has 0 bridgehead atoms. The highest BCUT2D eigenvalue weighted by molar-refractivity contribution is 4.89. The van der Waals surface area contributed by atoms with Crippen LogP contribution in [-0.4, -0.2) is 73.4 Å². The fourth-order valence-corrected chi connectivity index (χ4v) is 4.29. The predicted molar refractivity (Wildman–Crippen MR) is 86.7 cm³/mol. The van der Waals surface area contributed by atoms with E-state index in [9.17, 15) is 0 Å². The normalized spacial score (nSPS) is 36.6. The average Bonchev–Trinajstić information content (AvgIpc) is 3.02. The first-order valence-corrected chi connectivity index (χ1v) is 9.07. The third kappa shape index (κ3) is 3.98. The molecule has 3 saturated heterocycles. The summed E-state index contributed by atoms with van der Waals surface area (Å²) in [6.45, 7) is 11.8. The lowest BCUT2D eigenvalue weighted by Crippen LogP contribution is -2.59. The van der Waals surface area contributed by atoms with E-state index in [-0.39, 0.29) is 0 Å². The van der Waals surface area contributed by atoms with Crippen molar-refractivity contribution in [1.82, 2.24) is 15.1 Å². The molecule has 122 valence electrons. The van der Waals surface area contributed by atoms with Gasteiger partial charge in [0.1, 0.15) is 0 Å². The summed E-state index contributed by atoms with van der Waals surface area (Å²) < 4.78 is 5.77. The maximum absolute atomic E-state index is 5.77. The second-order valence-electron chi connectivity index (χ2n) is 7.28. The van der Waals surface area contributed by atoms with E-state index in [0.717, 1.165) is 19.2 Å². The Morgan fingerprint density at radius 3 is 2.90 bits per heavy atom. The van der Waals surface area contributed by atoms with Crippen LogP contribution in [0.15, 0.2) is 0 Å². The van der Waals surface area contributed by atoms with Crippen LogP contribution >= 0.6 is 0 Å². The van der Waals surface area contributed by atoms with Gasteiger partial charge in [-0.3, -0.25) is 9.80 Å². The molecule has 21 heavy (non-hydrogen) atoms. The van der Waals surface area contributed by atoms with Crippen LogP contribution in [0.25, 0.3) is 0 Å². The van der Waals surface area contributed by atoms with Gasteiger partial charge in [-0.2, -0.15) is 0 Å². The molecule has 4 atom stereocenters. The zero-order chi connectivity index (χ0) is 14.7. The molecule has 3 heterocycles. The second kappa shape index (κ2) is 7.40. The van der Waals surface area contributed by atoms with Crippen molar-refractivity contribution in [2.75, 3.05) is 39.3 Å². The van der Waals surface area contributed by atoms with E-state index in [1.54, 1.807) is 0 Å². The molecule has 0 saturated carbocycles. The van der Waals surface area contributed by atoms with Crippen molar-refractivity contribution < 1.29 is 4.74 Å². The first kappa shape index (κ1) is 15.7. The van der Waals surface area contributed by atoms with Crippen LogP contribution in [-0.2, 0) is 4.74 Å². The monoisotopic (exact) mass is 295 g/mol. The highest BCUT2D eigenvalue weighted by Gasteiger charge is 2.32. The number of hydrogen-bond acceptors (Lipinski definition) is 4. The molecule has 4 unspecified atom stereocenters. The summed E-state index contributed by atoms with van der Waals surface area (Å²) in [5, 5.41) is 3.68. The van der Waals surface area contributed by atoms with Gasteiger partial charge in [-0.25, -0.2) is 0 Å². The Bertz CT molecular complexity index is 319. The van der Waals surface area contributed by atoms with Crippen molar-refractivity contribution in [2.45, 2.75) is 70.2 Å². The molecular weight excluding hydrogens is 262 g/mol. The molecule has 3 fully saturated rings. The minimum atomic E-state index is 0.442. The summed E-state index contributed by atoms with van der Waals surface area (Å²) in [6.07, 6.45) is 7.14. The topological polar surface area (TPSA) is 27.7 Å². The molecular formula is C17H33N3O. The van der Waals surface area contributed by atoms with Crippen molar-refractivity contribution >= 4 is 0 Å². The van der Waals surface area contributed by atoms with Gasteiger partial charge in [0.25, 0.3) is 0 Å². The molecule has 0 spiro atoms. The van der Waals surface area contributed by atoms with Crippen LogP contribution in [0, 0.1) is 0 Å². The Labute approximate surface area is 130 Å². The van der Waals surface area contributed by atoms with E-state index in [4.69, 9.17) is 4.74 Å². The van der Waals surface area contributed by atoms with E-state index < -0.39 is 0 Å². The number of nitrogens with one attached hydrogen (secondary N) is 1. The number of piperazine rings is 1. The third-order valence-electron chi connectivity index (χ3n) is 5.70. The van der Waals surface area contributed by atoms with E-state index in [1.165, 1.54) is 58.3 Å². The Morgan fingerprint density at radius 2 is 2.10 bits per heavy atom. The molecule has 3 aliphatic heterocycles. The third-order valence-corrected chi connectivity index (χ3v) is 5.70. The standard InChI is InChI=1S/C17H33N3O/c1-14-12-20-9-4-3-6-16(20)13-19(14)10-8-18-15(2)17-7-5-11-21-17/h14-18H,3-13H2,1-2H3. The van der Waals surface area contributed by atoms with Gasteiger partial charge in [0, 0.05) is 50.9 Å². The molecule has 4 nitrogen and oxygen atoms in total. The fourth-order valence-electron chi connectivity index (χ4n) is 4.29. The average molecular weight is 295 g/mol. The number of ether oxygens (including phenoxy) is 1. The van der Waals surface area contributed by atoms with Gasteiger partial charge in [0.05, 0.1) is 6.10 Å². The summed E-state index contributed by atoms with van der Waals surface area (Å²) in [5.74, 6) is 0. The zero-order valence-electron chi connectivity index (χ0n) is 13.9. The smallest absolute Gasteiger partial charge is 0.0726 e. The lowest BCUT2D eigenvalue weighted by molar-refractivity contribution is 0.0146. The Balaban J connectivity index is 1.40. The number of hydrogen-bond donors (Lipinski definition) is 1. The van der Waals surface area contributed by atoms with Gasteiger partial charge in [-0.05, 0) is 46.1 Å². The highest BCUT2D eigenvalue weighted by atomic mass is 16.5. The maximum Gasteiger partial charge on any atom is 0.0726 e. The van der Waals surface area contributed by atoms with E-state index in [2.05, 4.69) is 29.0 Å². The lowest BCUT2D eigenvalue weighted by atomic mass is 9.97. The first-order chi connectivity index (χ1) is 10.2. The summed E-state index contributed by atoms with van der Waals surface area (Å²) >= 11 is 0. The van der Waals surface area contributed by atoms with Gasteiger partial charge in [0.15, 0.2) is 0 Å². The minimum absolute atomic E-state index is 0.442. The maximum atomic E-state index is 5.77. The Morgan fingerprint density at radius 1 is 1.19 bits per heavy atom. The molecule has 0 aliphatic carbocycles. The van der Waals surface area contributed by atoms with Gasteiger partial charge < -0.3 is 10.1 Å². The zero-order valence-corrected chi connectivity index (χ0v) is 13.9. The largest absolute Gasteiger partial charge is 0.377 e. The van der Waals surface area contributed by atoms with E-state index in [1.807, 2.05) is 0 Å². The van der Waals surface area contributed by atoms with Gasteiger partial charge in [-0.15, -0.1) is 0 Å². The van der Waals surface area contributed by atoms with Gasteiger partial charge >= 0.3 is 0 Å². The second-order valence-corrected chi connectivity index (χ2v) is 7.28. The van der Waals surface area contributed by atoms with Crippen LogP contribution < -0.4 is 5.32 Å². The molecule has 1 N–H and O–H groups in total. The molecule has 4 heteroatoms. The lowest BCUT2D eigenvalue weighted by Gasteiger charge is -2.47. The Kier molecular flexibility index (Phi) is 5.54. The SMILES string of the molecule is CC(NCCN1CC2CCCCN2CC1C)C1CCCO1. The van der Waals surface area contributed by atoms with Crippen molar-refractivity contribution in [1.29, 1.82) is 0 Å². The number of rotatable bonds is 5. The molecule has 0 aromatic heterocycles. The minimum Gasteiger partial charge on any atom is -0.377 e. The van der Waals surface area contributed by atoms with Gasteiger partial charge in [-0.1, -0.05) is 6.42 Å². The molecule has 3 aliphatic rings. The van der Waals surface area contributed by atoms with Crippen LogP contribution in [0.3, 0.4) is 0 Å². The number of nitrogens with zero attached hydrogens (tertiary/aromatic N) is 2. The van der Waals surface area contributed by atoms with Gasteiger partial charge in [0.2, 0.25) is 0 Å². The molecule has 0 amide bonds.